The highest BCUT2D eigenvalue weighted by molar-refractivity contribution is 5.92. The van der Waals surface area contributed by atoms with Gasteiger partial charge in [0, 0.05) is 17.8 Å². The summed E-state index contributed by atoms with van der Waals surface area (Å²) >= 11 is 0. The van der Waals surface area contributed by atoms with Crippen LogP contribution in [0.15, 0.2) is 42.5 Å². The molecule has 2 aliphatic rings. The number of fused-ring (bicyclic) bond motifs is 1. The Kier molecular flexibility index (Phi) is 5.67. The third-order valence-electron chi connectivity index (χ3n) is 5.37. The summed E-state index contributed by atoms with van der Waals surface area (Å²) in [6.07, 6.45) is 4.55. The lowest BCUT2D eigenvalue weighted by atomic mass is 10.0. The number of methoxy groups -OCH3 is 1. The van der Waals surface area contributed by atoms with E-state index in [0.717, 1.165) is 30.8 Å². The van der Waals surface area contributed by atoms with Crippen molar-refractivity contribution in [3.8, 4) is 17.2 Å². The van der Waals surface area contributed by atoms with E-state index < -0.39 is 0 Å². The Morgan fingerprint density at radius 3 is 2.75 bits per heavy atom. The van der Waals surface area contributed by atoms with Gasteiger partial charge in [0.2, 0.25) is 12.7 Å². The van der Waals surface area contributed by atoms with Crippen LogP contribution in [0.1, 0.15) is 37.3 Å². The van der Waals surface area contributed by atoms with Crippen molar-refractivity contribution in [3.05, 3.63) is 48.0 Å². The zero-order chi connectivity index (χ0) is 19.3. The van der Waals surface area contributed by atoms with Crippen LogP contribution in [0.5, 0.6) is 17.2 Å². The number of hydrogen-bond acceptors (Lipinski definition) is 5. The van der Waals surface area contributed by atoms with Crippen molar-refractivity contribution in [1.29, 1.82) is 0 Å². The van der Waals surface area contributed by atoms with Crippen molar-refractivity contribution < 1.29 is 19.0 Å². The second-order valence-electron chi connectivity index (χ2n) is 7.22. The Morgan fingerprint density at radius 2 is 1.93 bits per heavy atom. The number of carbonyl (C=O) groups excluding carboxylic acids is 1. The van der Waals surface area contributed by atoms with Crippen LogP contribution in [0.25, 0.3) is 0 Å². The summed E-state index contributed by atoms with van der Waals surface area (Å²) in [5.41, 5.74) is 1.96. The van der Waals surface area contributed by atoms with Gasteiger partial charge in [-0.1, -0.05) is 25.0 Å². The first-order chi connectivity index (χ1) is 13.7. The van der Waals surface area contributed by atoms with Gasteiger partial charge in [-0.3, -0.25) is 9.69 Å². The Balaban J connectivity index is 1.44. The number of ether oxygens (including phenoxy) is 3. The fourth-order valence-electron chi connectivity index (χ4n) is 3.92. The summed E-state index contributed by atoms with van der Waals surface area (Å²) in [6, 6.07) is 13.9. The van der Waals surface area contributed by atoms with Gasteiger partial charge in [0.1, 0.15) is 5.75 Å². The zero-order valence-corrected chi connectivity index (χ0v) is 16.1. The molecule has 2 aromatic rings. The van der Waals surface area contributed by atoms with Gasteiger partial charge >= 0.3 is 0 Å². The minimum atomic E-state index is -0.0146. The van der Waals surface area contributed by atoms with Gasteiger partial charge in [-0.25, -0.2) is 0 Å². The lowest BCUT2D eigenvalue weighted by Gasteiger charge is -2.29. The van der Waals surface area contributed by atoms with Gasteiger partial charge < -0.3 is 19.5 Å². The maximum atomic E-state index is 12.7. The summed E-state index contributed by atoms with van der Waals surface area (Å²) in [5, 5.41) is 2.99. The smallest absolute Gasteiger partial charge is 0.238 e. The van der Waals surface area contributed by atoms with Crippen molar-refractivity contribution in [2.75, 3.05) is 32.3 Å². The number of likely N-dealkylation sites (tertiary alicyclic amines) is 1. The number of rotatable bonds is 5. The molecule has 1 N–H and O–H groups in total. The van der Waals surface area contributed by atoms with Crippen molar-refractivity contribution in [2.24, 2.45) is 0 Å². The molecule has 28 heavy (non-hydrogen) atoms. The van der Waals surface area contributed by atoms with Crippen molar-refractivity contribution in [3.63, 3.8) is 0 Å². The van der Waals surface area contributed by atoms with Crippen LogP contribution in [0, 0.1) is 0 Å². The van der Waals surface area contributed by atoms with Crippen LogP contribution in [0.3, 0.4) is 0 Å². The molecule has 0 radical (unpaired) electrons. The second kappa shape index (κ2) is 8.52. The molecule has 2 aliphatic heterocycles. The number of amides is 1. The van der Waals surface area contributed by atoms with E-state index in [2.05, 4.69) is 22.3 Å². The molecule has 2 heterocycles. The lowest BCUT2D eigenvalue weighted by Crippen LogP contribution is -2.36. The molecular formula is C22H26N2O4. The van der Waals surface area contributed by atoms with Crippen LogP contribution in [0.4, 0.5) is 5.69 Å². The van der Waals surface area contributed by atoms with E-state index in [0.29, 0.717) is 18.0 Å². The Hall–Kier alpha value is -2.73. The maximum absolute atomic E-state index is 12.7. The Morgan fingerprint density at radius 1 is 1.11 bits per heavy atom. The molecule has 0 spiro atoms. The molecule has 6 heteroatoms. The fourth-order valence-corrected chi connectivity index (χ4v) is 3.92. The number of nitrogens with zero attached hydrogens (tertiary/aromatic N) is 1. The molecule has 4 rings (SSSR count). The quantitative estimate of drug-likeness (QED) is 0.848. The molecule has 148 valence electrons. The molecule has 1 fully saturated rings. The molecule has 0 bridgehead atoms. The number of nitrogens with one attached hydrogen (secondary N) is 1. The molecule has 0 unspecified atom stereocenters. The van der Waals surface area contributed by atoms with E-state index in [1.165, 1.54) is 18.4 Å². The molecule has 1 saturated heterocycles. The predicted molar refractivity (Wildman–Crippen MR) is 107 cm³/mol. The molecule has 0 saturated carbocycles. The molecule has 2 aromatic carbocycles. The second-order valence-corrected chi connectivity index (χ2v) is 7.22. The van der Waals surface area contributed by atoms with Gasteiger partial charge in [0.25, 0.3) is 0 Å². The number of anilines is 1. The van der Waals surface area contributed by atoms with Crippen LogP contribution >= 0.6 is 0 Å². The van der Waals surface area contributed by atoms with Gasteiger partial charge in [0.15, 0.2) is 11.5 Å². The van der Waals surface area contributed by atoms with Crippen LogP contribution in [0.2, 0.25) is 0 Å². The standard InChI is InChI=1S/C22H26N2O4/c1-26-18-9-6-16(7-10-18)19-5-3-2-4-12-24(19)14-22(25)23-17-8-11-20-21(13-17)28-15-27-20/h6-11,13,19H,2-5,12,14-15H2,1H3,(H,23,25)/t19-/m0/s1. The first-order valence-corrected chi connectivity index (χ1v) is 9.80. The van der Waals surface area contributed by atoms with Gasteiger partial charge in [0.05, 0.1) is 13.7 Å². The fraction of sp³-hybridized carbons (Fsp3) is 0.409. The first-order valence-electron chi connectivity index (χ1n) is 9.80. The van der Waals surface area contributed by atoms with E-state index in [1.807, 2.05) is 30.3 Å². The molecule has 0 aliphatic carbocycles. The minimum Gasteiger partial charge on any atom is -0.497 e. The minimum absolute atomic E-state index is 0.0146. The summed E-state index contributed by atoms with van der Waals surface area (Å²) < 4.78 is 16.0. The molecule has 0 aromatic heterocycles. The maximum Gasteiger partial charge on any atom is 0.238 e. The van der Waals surface area contributed by atoms with Crippen molar-refractivity contribution in [1.82, 2.24) is 4.90 Å². The van der Waals surface area contributed by atoms with Gasteiger partial charge in [-0.05, 0) is 49.2 Å². The first kappa shape index (κ1) is 18.6. The van der Waals surface area contributed by atoms with E-state index >= 15 is 0 Å². The molecule has 1 amide bonds. The van der Waals surface area contributed by atoms with E-state index in [4.69, 9.17) is 14.2 Å². The van der Waals surface area contributed by atoms with Crippen molar-refractivity contribution >= 4 is 11.6 Å². The van der Waals surface area contributed by atoms with Crippen LogP contribution < -0.4 is 19.5 Å². The van der Waals surface area contributed by atoms with Gasteiger partial charge in [-0.15, -0.1) is 0 Å². The summed E-state index contributed by atoms with van der Waals surface area (Å²) in [5.74, 6) is 2.22. The average molecular weight is 382 g/mol. The van der Waals surface area contributed by atoms with Crippen molar-refractivity contribution in [2.45, 2.75) is 31.7 Å². The number of hydrogen-bond donors (Lipinski definition) is 1. The highest BCUT2D eigenvalue weighted by atomic mass is 16.7. The molecule has 6 nitrogen and oxygen atoms in total. The predicted octanol–water partition coefficient (Wildman–Crippen LogP) is 3.98. The zero-order valence-electron chi connectivity index (χ0n) is 16.1. The summed E-state index contributed by atoms with van der Waals surface area (Å²) in [6.45, 7) is 1.51. The van der Waals surface area contributed by atoms with Crippen LogP contribution in [-0.4, -0.2) is 37.8 Å². The number of carbonyl (C=O) groups is 1. The monoisotopic (exact) mass is 382 g/mol. The van der Waals surface area contributed by atoms with Crippen LogP contribution in [-0.2, 0) is 4.79 Å². The third-order valence-corrected chi connectivity index (χ3v) is 5.37. The topological polar surface area (TPSA) is 60.0 Å². The average Bonchev–Trinajstić information content (AvgIpc) is 3.06. The van der Waals surface area contributed by atoms with E-state index in [-0.39, 0.29) is 18.7 Å². The highest BCUT2D eigenvalue weighted by Crippen LogP contribution is 2.34. The summed E-state index contributed by atoms with van der Waals surface area (Å²) in [7, 11) is 1.67. The Labute approximate surface area is 165 Å². The van der Waals surface area contributed by atoms with E-state index in [1.54, 1.807) is 7.11 Å². The molecule has 1 atom stereocenters. The Bertz CT molecular complexity index is 822. The summed E-state index contributed by atoms with van der Waals surface area (Å²) in [4.78, 5) is 15.0. The number of benzene rings is 2. The highest BCUT2D eigenvalue weighted by Gasteiger charge is 2.25. The molecular weight excluding hydrogens is 356 g/mol. The SMILES string of the molecule is COc1ccc([C@@H]2CCCCCN2CC(=O)Nc2ccc3c(c2)OCO3)cc1. The third kappa shape index (κ3) is 4.22. The normalized spacial score (nSPS) is 19.1. The lowest BCUT2D eigenvalue weighted by molar-refractivity contribution is -0.117. The largest absolute Gasteiger partial charge is 0.497 e. The van der Waals surface area contributed by atoms with Gasteiger partial charge in [-0.2, -0.15) is 0 Å². The van der Waals surface area contributed by atoms with E-state index in [9.17, 15) is 4.79 Å².